The molecule has 0 aromatic heterocycles. The summed E-state index contributed by atoms with van der Waals surface area (Å²) >= 11 is 0. The van der Waals surface area contributed by atoms with Gasteiger partial charge in [-0.05, 0) is 26.7 Å². The zero-order chi connectivity index (χ0) is 17.0. The molecule has 6 nitrogen and oxygen atoms in total. The molecule has 0 fully saturated rings. The molecule has 0 aliphatic rings. The van der Waals surface area contributed by atoms with E-state index < -0.39 is 23.3 Å². The van der Waals surface area contributed by atoms with Gasteiger partial charge in [-0.3, -0.25) is 14.4 Å². The van der Waals surface area contributed by atoms with Crippen LogP contribution in [0, 0.1) is 5.41 Å². The molecule has 0 aromatic carbocycles. The van der Waals surface area contributed by atoms with Crippen LogP contribution in [-0.4, -0.2) is 37.7 Å². The number of ether oxygens (including phenoxy) is 3. The standard InChI is InChI=1S/C16H24O6/c1-5-10-16(14(18)20-6-2,15(19)21-7-3)11-8-9-12-22-13(4)17/h5,8-9H,1,6-7,10-12H2,2-4H3/b9-8-. The summed E-state index contributed by atoms with van der Waals surface area (Å²) in [5, 5.41) is 0. The second-order valence-corrected chi connectivity index (χ2v) is 4.49. The molecule has 6 heteroatoms. The number of hydrogen-bond donors (Lipinski definition) is 0. The van der Waals surface area contributed by atoms with Crippen LogP contribution in [-0.2, 0) is 28.6 Å². The van der Waals surface area contributed by atoms with E-state index >= 15 is 0 Å². The molecular formula is C16H24O6. The van der Waals surface area contributed by atoms with Gasteiger partial charge < -0.3 is 14.2 Å². The Balaban J connectivity index is 5.17. The molecule has 0 saturated carbocycles. The Morgan fingerprint density at radius 3 is 1.91 bits per heavy atom. The summed E-state index contributed by atoms with van der Waals surface area (Å²) in [6, 6.07) is 0. The van der Waals surface area contributed by atoms with Crippen LogP contribution in [0.15, 0.2) is 24.8 Å². The number of rotatable bonds is 10. The molecule has 0 spiro atoms. The lowest BCUT2D eigenvalue weighted by atomic mass is 9.81. The third-order valence-electron chi connectivity index (χ3n) is 2.84. The molecule has 0 rings (SSSR count). The van der Waals surface area contributed by atoms with E-state index in [4.69, 9.17) is 14.2 Å². The highest BCUT2D eigenvalue weighted by Gasteiger charge is 2.46. The van der Waals surface area contributed by atoms with Crippen molar-refractivity contribution in [2.24, 2.45) is 5.41 Å². The van der Waals surface area contributed by atoms with Crippen LogP contribution in [0.3, 0.4) is 0 Å². The van der Waals surface area contributed by atoms with Crippen molar-refractivity contribution in [1.29, 1.82) is 0 Å². The lowest BCUT2D eigenvalue weighted by Crippen LogP contribution is -2.41. The fourth-order valence-corrected chi connectivity index (χ4v) is 1.80. The lowest BCUT2D eigenvalue weighted by molar-refractivity contribution is -0.171. The fraction of sp³-hybridized carbons (Fsp3) is 0.562. The van der Waals surface area contributed by atoms with Crippen LogP contribution in [0.2, 0.25) is 0 Å². The molecule has 0 saturated heterocycles. The summed E-state index contributed by atoms with van der Waals surface area (Å²) in [6.45, 7) is 8.61. The van der Waals surface area contributed by atoms with Gasteiger partial charge in [-0.25, -0.2) is 0 Å². The smallest absolute Gasteiger partial charge is 0.324 e. The van der Waals surface area contributed by atoms with Crippen molar-refractivity contribution in [3.63, 3.8) is 0 Å². The van der Waals surface area contributed by atoms with Gasteiger partial charge in [0.25, 0.3) is 0 Å². The van der Waals surface area contributed by atoms with Crippen molar-refractivity contribution in [2.45, 2.75) is 33.6 Å². The number of hydrogen-bond acceptors (Lipinski definition) is 6. The van der Waals surface area contributed by atoms with Gasteiger partial charge in [-0.1, -0.05) is 18.2 Å². The Morgan fingerprint density at radius 2 is 1.50 bits per heavy atom. The monoisotopic (exact) mass is 312 g/mol. The van der Waals surface area contributed by atoms with Gasteiger partial charge in [0.1, 0.15) is 6.61 Å². The van der Waals surface area contributed by atoms with Gasteiger partial charge in [-0.15, -0.1) is 6.58 Å². The zero-order valence-corrected chi connectivity index (χ0v) is 13.4. The summed E-state index contributed by atoms with van der Waals surface area (Å²) in [4.78, 5) is 35.2. The Morgan fingerprint density at radius 1 is 0.955 bits per heavy atom. The number of carbonyl (C=O) groups excluding carboxylic acids is 3. The molecule has 0 heterocycles. The first-order chi connectivity index (χ1) is 10.4. The van der Waals surface area contributed by atoms with E-state index in [0.717, 1.165) is 0 Å². The Hall–Kier alpha value is -2.11. The van der Waals surface area contributed by atoms with Gasteiger partial charge in [0.05, 0.1) is 13.2 Å². The van der Waals surface area contributed by atoms with Gasteiger partial charge in [-0.2, -0.15) is 0 Å². The number of esters is 3. The van der Waals surface area contributed by atoms with Crippen LogP contribution < -0.4 is 0 Å². The Kier molecular flexibility index (Phi) is 9.58. The zero-order valence-electron chi connectivity index (χ0n) is 13.4. The van der Waals surface area contributed by atoms with E-state index in [9.17, 15) is 14.4 Å². The molecule has 124 valence electrons. The molecule has 22 heavy (non-hydrogen) atoms. The molecule has 0 aliphatic heterocycles. The molecule has 0 bridgehead atoms. The third-order valence-corrected chi connectivity index (χ3v) is 2.84. The van der Waals surface area contributed by atoms with E-state index in [2.05, 4.69) is 6.58 Å². The maximum absolute atomic E-state index is 12.3. The predicted molar refractivity (Wildman–Crippen MR) is 80.9 cm³/mol. The maximum Gasteiger partial charge on any atom is 0.324 e. The van der Waals surface area contributed by atoms with Crippen molar-refractivity contribution >= 4 is 17.9 Å². The van der Waals surface area contributed by atoms with Crippen molar-refractivity contribution in [3.8, 4) is 0 Å². The van der Waals surface area contributed by atoms with Crippen molar-refractivity contribution in [3.05, 3.63) is 24.8 Å². The quantitative estimate of drug-likeness (QED) is 0.266. The summed E-state index contributed by atoms with van der Waals surface area (Å²) in [5.41, 5.74) is -1.46. The minimum Gasteiger partial charge on any atom is -0.465 e. The third kappa shape index (κ3) is 6.11. The average molecular weight is 312 g/mol. The summed E-state index contributed by atoms with van der Waals surface area (Å²) in [7, 11) is 0. The summed E-state index contributed by atoms with van der Waals surface area (Å²) in [6.07, 6.45) is 4.83. The number of allylic oxidation sites excluding steroid dienone is 2. The first kappa shape index (κ1) is 19.9. The van der Waals surface area contributed by atoms with E-state index in [1.807, 2.05) is 0 Å². The SMILES string of the molecule is C=CCC(C/C=C\COC(C)=O)(C(=O)OCC)C(=O)OCC. The molecule has 0 amide bonds. The fourth-order valence-electron chi connectivity index (χ4n) is 1.80. The van der Waals surface area contributed by atoms with Crippen LogP contribution in [0.1, 0.15) is 33.6 Å². The molecule has 0 aromatic rings. The van der Waals surface area contributed by atoms with Gasteiger partial charge >= 0.3 is 17.9 Å². The minimum absolute atomic E-state index is 0.0746. The van der Waals surface area contributed by atoms with E-state index in [1.165, 1.54) is 13.0 Å². The van der Waals surface area contributed by atoms with Crippen LogP contribution in [0.5, 0.6) is 0 Å². The molecule has 0 radical (unpaired) electrons. The minimum atomic E-state index is -1.46. The van der Waals surface area contributed by atoms with Gasteiger partial charge in [0.15, 0.2) is 5.41 Å². The number of carbonyl (C=O) groups is 3. The summed E-state index contributed by atoms with van der Waals surface area (Å²) in [5.74, 6) is -1.70. The van der Waals surface area contributed by atoms with Crippen LogP contribution in [0.4, 0.5) is 0 Å². The van der Waals surface area contributed by atoms with Gasteiger partial charge in [0, 0.05) is 6.92 Å². The van der Waals surface area contributed by atoms with E-state index in [1.54, 1.807) is 26.0 Å². The molecule has 0 aliphatic carbocycles. The highest BCUT2D eigenvalue weighted by molar-refractivity contribution is 6.00. The highest BCUT2D eigenvalue weighted by Crippen LogP contribution is 2.31. The second kappa shape index (κ2) is 10.6. The molecular weight excluding hydrogens is 288 g/mol. The van der Waals surface area contributed by atoms with Crippen LogP contribution in [0.25, 0.3) is 0 Å². The lowest BCUT2D eigenvalue weighted by Gasteiger charge is -2.26. The normalized spacial score (nSPS) is 11.0. The van der Waals surface area contributed by atoms with Gasteiger partial charge in [0.2, 0.25) is 0 Å². The Bertz CT molecular complexity index is 406. The first-order valence-corrected chi connectivity index (χ1v) is 7.18. The van der Waals surface area contributed by atoms with Crippen LogP contribution >= 0.6 is 0 Å². The average Bonchev–Trinajstić information content (AvgIpc) is 2.45. The highest BCUT2D eigenvalue weighted by atomic mass is 16.6. The molecule has 0 unspecified atom stereocenters. The molecule has 0 atom stereocenters. The maximum atomic E-state index is 12.3. The van der Waals surface area contributed by atoms with Crippen molar-refractivity contribution < 1.29 is 28.6 Å². The first-order valence-electron chi connectivity index (χ1n) is 7.18. The predicted octanol–water partition coefficient (Wildman–Crippen LogP) is 2.18. The second-order valence-electron chi connectivity index (χ2n) is 4.49. The largest absolute Gasteiger partial charge is 0.465 e. The van der Waals surface area contributed by atoms with E-state index in [0.29, 0.717) is 0 Å². The topological polar surface area (TPSA) is 78.9 Å². The van der Waals surface area contributed by atoms with E-state index in [-0.39, 0.29) is 32.7 Å². The van der Waals surface area contributed by atoms with Crippen molar-refractivity contribution in [1.82, 2.24) is 0 Å². The summed E-state index contributed by atoms with van der Waals surface area (Å²) < 4.78 is 14.8. The molecule has 0 N–H and O–H groups in total. The Labute approximate surface area is 131 Å². The van der Waals surface area contributed by atoms with Crippen molar-refractivity contribution in [2.75, 3.05) is 19.8 Å².